The van der Waals surface area contributed by atoms with Gasteiger partial charge in [-0.2, -0.15) is 4.52 Å². The summed E-state index contributed by atoms with van der Waals surface area (Å²) in [4.78, 5) is 30.0. The molecule has 0 spiro atoms. The molecule has 0 atom stereocenters. The highest BCUT2D eigenvalue weighted by atomic mass is 19.1. The summed E-state index contributed by atoms with van der Waals surface area (Å²) in [6.45, 7) is 1.74. The number of halogens is 1. The minimum atomic E-state index is -0.538. The average Bonchev–Trinajstić information content (AvgIpc) is 3.12. The molecule has 0 saturated carbocycles. The van der Waals surface area contributed by atoms with Crippen molar-refractivity contribution >= 4 is 28.1 Å². The number of hydrogen-bond acceptors (Lipinski definition) is 4. The Hall–Kier alpha value is -3.55. The molecule has 7 nitrogen and oxygen atoms in total. The Balaban J connectivity index is 1.79. The number of aryl methyl sites for hydroxylation is 1. The standard InChI is InChI=1S/C20H18FN5O2/c1-2-7-17-23-19-13-8-3-6-11-16(13)25(20(28)26(19)24-17)12-18(27)22-15-10-5-4-9-14(15)21/h3-6,8-11H,2,7,12H2,1H3,(H,22,27). The maximum Gasteiger partial charge on any atom is 0.351 e. The Bertz CT molecular complexity index is 1240. The number of hydrogen-bond donors (Lipinski definition) is 1. The number of nitrogens with zero attached hydrogens (tertiary/aromatic N) is 4. The fourth-order valence-corrected chi connectivity index (χ4v) is 3.16. The van der Waals surface area contributed by atoms with E-state index in [0.29, 0.717) is 23.4 Å². The van der Waals surface area contributed by atoms with Crippen LogP contribution in [-0.4, -0.2) is 25.1 Å². The van der Waals surface area contributed by atoms with E-state index in [4.69, 9.17) is 0 Å². The maximum atomic E-state index is 13.8. The van der Waals surface area contributed by atoms with Crippen molar-refractivity contribution in [2.75, 3.05) is 5.32 Å². The summed E-state index contributed by atoms with van der Waals surface area (Å²) in [6, 6.07) is 13.1. The summed E-state index contributed by atoms with van der Waals surface area (Å²) >= 11 is 0. The predicted molar refractivity (Wildman–Crippen MR) is 104 cm³/mol. The van der Waals surface area contributed by atoms with Gasteiger partial charge in [0, 0.05) is 11.8 Å². The SMILES string of the molecule is CCCc1nc2c3ccccc3n(CC(=O)Nc3ccccc3F)c(=O)n2n1. The van der Waals surface area contributed by atoms with Gasteiger partial charge in [-0.25, -0.2) is 14.2 Å². The first-order valence-corrected chi connectivity index (χ1v) is 9.00. The van der Waals surface area contributed by atoms with Gasteiger partial charge in [0.25, 0.3) is 0 Å². The lowest BCUT2D eigenvalue weighted by molar-refractivity contribution is -0.116. The molecular weight excluding hydrogens is 361 g/mol. The Morgan fingerprint density at radius 3 is 2.68 bits per heavy atom. The van der Waals surface area contributed by atoms with Gasteiger partial charge in [-0.3, -0.25) is 9.36 Å². The highest BCUT2D eigenvalue weighted by Gasteiger charge is 2.17. The van der Waals surface area contributed by atoms with Crippen LogP contribution in [0.2, 0.25) is 0 Å². The summed E-state index contributed by atoms with van der Waals surface area (Å²) in [5.41, 5.74) is 0.637. The first-order valence-electron chi connectivity index (χ1n) is 9.00. The van der Waals surface area contributed by atoms with Crippen LogP contribution in [0, 0.1) is 5.82 Å². The summed E-state index contributed by atoms with van der Waals surface area (Å²) < 4.78 is 16.3. The van der Waals surface area contributed by atoms with Crippen LogP contribution in [-0.2, 0) is 17.8 Å². The van der Waals surface area contributed by atoms with Gasteiger partial charge in [0.15, 0.2) is 11.5 Å². The van der Waals surface area contributed by atoms with Gasteiger partial charge in [-0.1, -0.05) is 31.2 Å². The van der Waals surface area contributed by atoms with Gasteiger partial charge in [-0.15, -0.1) is 5.10 Å². The Morgan fingerprint density at radius 2 is 1.89 bits per heavy atom. The zero-order chi connectivity index (χ0) is 19.7. The van der Waals surface area contributed by atoms with Gasteiger partial charge in [-0.05, 0) is 30.7 Å². The van der Waals surface area contributed by atoms with Crippen LogP contribution in [0.1, 0.15) is 19.2 Å². The van der Waals surface area contributed by atoms with Crippen molar-refractivity contribution in [1.29, 1.82) is 0 Å². The van der Waals surface area contributed by atoms with Crippen LogP contribution >= 0.6 is 0 Å². The van der Waals surface area contributed by atoms with Gasteiger partial charge >= 0.3 is 5.69 Å². The molecule has 0 saturated heterocycles. The number of nitrogens with one attached hydrogen (secondary N) is 1. The first-order chi connectivity index (χ1) is 13.6. The number of fused-ring (bicyclic) bond motifs is 3. The largest absolute Gasteiger partial charge is 0.351 e. The molecular formula is C20H18FN5O2. The third kappa shape index (κ3) is 3.13. The number of benzene rings is 2. The Morgan fingerprint density at radius 1 is 1.14 bits per heavy atom. The zero-order valence-electron chi connectivity index (χ0n) is 15.2. The fourth-order valence-electron chi connectivity index (χ4n) is 3.16. The monoisotopic (exact) mass is 379 g/mol. The fraction of sp³-hybridized carbons (Fsp3) is 0.200. The smallest absolute Gasteiger partial charge is 0.322 e. The Kier molecular flexibility index (Phi) is 4.60. The average molecular weight is 379 g/mol. The van der Waals surface area contributed by atoms with E-state index in [0.717, 1.165) is 11.8 Å². The predicted octanol–water partition coefficient (Wildman–Crippen LogP) is 2.77. The van der Waals surface area contributed by atoms with Crippen molar-refractivity contribution in [1.82, 2.24) is 19.2 Å². The summed E-state index contributed by atoms with van der Waals surface area (Å²) in [5, 5.41) is 7.52. The second-order valence-corrected chi connectivity index (χ2v) is 6.43. The van der Waals surface area contributed by atoms with Crippen molar-refractivity contribution in [2.24, 2.45) is 0 Å². The van der Waals surface area contributed by atoms with E-state index in [9.17, 15) is 14.0 Å². The van der Waals surface area contributed by atoms with Crippen molar-refractivity contribution in [3.05, 3.63) is 70.7 Å². The zero-order valence-corrected chi connectivity index (χ0v) is 15.2. The van der Waals surface area contributed by atoms with E-state index in [1.165, 1.54) is 27.3 Å². The van der Waals surface area contributed by atoms with Crippen molar-refractivity contribution < 1.29 is 9.18 Å². The number of amides is 1. The van der Waals surface area contributed by atoms with Gasteiger partial charge in [0.2, 0.25) is 5.91 Å². The molecule has 142 valence electrons. The molecule has 2 heterocycles. The Labute approximate surface area is 159 Å². The molecule has 2 aromatic carbocycles. The van der Waals surface area contributed by atoms with Crippen molar-refractivity contribution in [3.8, 4) is 0 Å². The van der Waals surface area contributed by atoms with Crippen LogP contribution in [0.15, 0.2) is 53.3 Å². The highest BCUT2D eigenvalue weighted by molar-refractivity contribution is 5.94. The summed E-state index contributed by atoms with van der Waals surface area (Å²) in [7, 11) is 0. The number of carbonyl (C=O) groups is 1. The lowest BCUT2D eigenvalue weighted by Gasteiger charge is -2.11. The lowest BCUT2D eigenvalue weighted by atomic mass is 10.2. The number of anilines is 1. The van der Waals surface area contributed by atoms with Gasteiger partial charge in [0.05, 0.1) is 11.2 Å². The van der Waals surface area contributed by atoms with E-state index < -0.39 is 17.4 Å². The number of rotatable bonds is 5. The van der Waals surface area contributed by atoms with Gasteiger partial charge < -0.3 is 5.32 Å². The molecule has 0 unspecified atom stereocenters. The minimum absolute atomic E-state index is 0.0666. The molecule has 2 aromatic heterocycles. The molecule has 0 bridgehead atoms. The first kappa shape index (κ1) is 17.8. The molecule has 0 aliphatic heterocycles. The molecule has 0 fully saturated rings. The molecule has 4 aromatic rings. The van der Waals surface area contributed by atoms with Crippen LogP contribution in [0.5, 0.6) is 0 Å². The third-order valence-electron chi connectivity index (χ3n) is 4.42. The molecule has 1 amide bonds. The topological polar surface area (TPSA) is 81.3 Å². The number of carbonyl (C=O) groups excluding carboxylic acids is 1. The van der Waals surface area contributed by atoms with E-state index >= 15 is 0 Å². The molecule has 4 rings (SSSR count). The summed E-state index contributed by atoms with van der Waals surface area (Å²) in [5.74, 6) is -0.465. The molecule has 28 heavy (non-hydrogen) atoms. The van der Waals surface area contributed by atoms with E-state index in [1.54, 1.807) is 18.2 Å². The van der Waals surface area contributed by atoms with E-state index in [-0.39, 0.29) is 12.2 Å². The summed E-state index contributed by atoms with van der Waals surface area (Å²) in [6.07, 6.45) is 1.51. The number of para-hydroxylation sites is 2. The van der Waals surface area contributed by atoms with E-state index in [2.05, 4.69) is 15.4 Å². The normalized spacial score (nSPS) is 11.2. The van der Waals surface area contributed by atoms with Crippen LogP contribution in [0.25, 0.3) is 16.6 Å². The van der Waals surface area contributed by atoms with Crippen LogP contribution in [0.3, 0.4) is 0 Å². The molecule has 0 aliphatic carbocycles. The highest BCUT2D eigenvalue weighted by Crippen LogP contribution is 2.18. The third-order valence-corrected chi connectivity index (χ3v) is 4.42. The molecule has 0 aliphatic rings. The van der Waals surface area contributed by atoms with Crippen molar-refractivity contribution in [3.63, 3.8) is 0 Å². The maximum absolute atomic E-state index is 13.8. The second kappa shape index (κ2) is 7.22. The molecule has 8 heteroatoms. The molecule has 1 N–H and O–H groups in total. The van der Waals surface area contributed by atoms with Crippen LogP contribution < -0.4 is 11.0 Å². The lowest BCUT2D eigenvalue weighted by Crippen LogP contribution is -2.32. The van der Waals surface area contributed by atoms with E-state index in [1.807, 2.05) is 19.1 Å². The molecule has 0 radical (unpaired) electrons. The minimum Gasteiger partial charge on any atom is -0.322 e. The van der Waals surface area contributed by atoms with Gasteiger partial charge in [0.1, 0.15) is 12.4 Å². The number of aromatic nitrogens is 4. The quantitative estimate of drug-likeness (QED) is 0.578. The van der Waals surface area contributed by atoms with Crippen LogP contribution in [0.4, 0.5) is 10.1 Å². The van der Waals surface area contributed by atoms with Crippen molar-refractivity contribution in [2.45, 2.75) is 26.3 Å². The second-order valence-electron chi connectivity index (χ2n) is 6.43.